The minimum atomic E-state index is 0.393. The maximum Gasteiger partial charge on any atom is 0.0593 e. The molecule has 1 rings (SSSR count). The van der Waals surface area contributed by atoms with Gasteiger partial charge in [-0.05, 0) is 25.8 Å². The fourth-order valence-corrected chi connectivity index (χ4v) is 1.88. The molecule has 3 heteroatoms. The van der Waals surface area contributed by atoms with E-state index in [2.05, 4.69) is 11.8 Å². The van der Waals surface area contributed by atoms with Crippen molar-refractivity contribution in [2.24, 2.45) is 5.73 Å². The second-order valence-corrected chi connectivity index (χ2v) is 4.14. The van der Waals surface area contributed by atoms with Crippen molar-refractivity contribution in [1.82, 2.24) is 4.90 Å². The molecule has 0 aromatic carbocycles. The van der Waals surface area contributed by atoms with Gasteiger partial charge in [-0.15, -0.1) is 0 Å². The molecule has 84 valence electrons. The number of hydrogen-bond donors (Lipinski definition) is 1. The summed E-state index contributed by atoms with van der Waals surface area (Å²) in [6.45, 7) is 7.42. The van der Waals surface area contributed by atoms with Crippen LogP contribution in [0.4, 0.5) is 0 Å². The van der Waals surface area contributed by atoms with Crippen LogP contribution < -0.4 is 5.73 Å². The molecule has 0 bridgehead atoms. The van der Waals surface area contributed by atoms with Gasteiger partial charge in [-0.2, -0.15) is 0 Å². The lowest BCUT2D eigenvalue weighted by atomic mass is 10.1. The number of hydrogen-bond acceptors (Lipinski definition) is 3. The van der Waals surface area contributed by atoms with E-state index in [1.807, 2.05) is 0 Å². The van der Waals surface area contributed by atoms with E-state index in [1.54, 1.807) is 0 Å². The Balaban J connectivity index is 2.09. The topological polar surface area (TPSA) is 38.5 Å². The van der Waals surface area contributed by atoms with Gasteiger partial charge in [-0.1, -0.05) is 13.3 Å². The maximum atomic E-state index is 5.98. The van der Waals surface area contributed by atoms with Gasteiger partial charge in [-0.25, -0.2) is 0 Å². The smallest absolute Gasteiger partial charge is 0.0593 e. The predicted octanol–water partition coefficient (Wildman–Crippen LogP) is 1.23. The molecule has 0 aromatic heterocycles. The van der Waals surface area contributed by atoms with Crippen molar-refractivity contribution in [2.75, 3.05) is 32.8 Å². The van der Waals surface area contributed by atoms with Gasteiger partial charge in [-0.3, -0.25) is 0 Å². The summed E-state index contributed by atoms with van der Waals surface area (Å²) in [7, 11) is 0. The van der Waals surface area contributed by atoms with Crippen molar-refractivity contribution in [3.8, 4) is 0 Å². The highest BCUT2D eigenvalue weighted by molar-refractivity contribution is 4.66. The van der Waals surface area contributed by atoms with E-state index >= 15 is 0 Å². The molecule has 0 amide bonds. The molecule has 1 saturated heterocycles. The van der Waals surface area contributed by atoms with Gasteiger partial charge in [0.05, 0.1) is 6.61 Å². The molecule has 1 heterocycles. The lowest BCUT2D eigenvalue weighted by Crippen LogP contribution is -2.32. The summed E-state index contributed by atoms with van der Waals surface area (Å²) in [6.07, 6.45) is 4.66. The maximum absolute atomic E-state index is 5.98. The lowest BCUT2D eigenvalue weighted by Gasteiger charge is -2.20. The molecule has 0 radical (unpaired) electrons. The van der Waals surface area contributed by atoms with Crippen molar-refractivity contribution in [3.63, 3.8) is 0 Å². The van der Waals surface area contributed by atoms with Crippen LogP contribution in [0.15, 0.2) is 0 Å². The van der Waals surface area contributed by atoms with E-state index in [0.717, 1.165) is 39.1 Å². The summed E-state index contributed by atoms with van der Waals surface area (Å²) in [6, 6.07) is 0.393. The van der Waals surface area contributed by atoms with Crippen LogP contribution in [0.3, 0.4) is 0 Å². The summed E-state index contributed by atoms with van der Waals surface area (Å²) < 4.78 is 5.41. The van der Waals surface area contributed by atoms with Crippen LogP contribution in [-0.2, 0) is 4.74 Å². The third-order valence-electron chi connectivity index (χ3n) is 2.79. The first-order valence-corrected chi connectivity index (χ1v) is 5.88. The van der Waals surface area contributed by atoms with Crippen molar-refractivity contribution in [2.45, 2.75) is 38.6 Å². The summed E-state index contributed by atoms with van der Waals surface area (Å²) >= 11 is 0. The molecule has 1 aliphatic heterocycles. The van der Waals surface area contributed by atoms with Crippen molar-refractivity contribution >= 4 is 0 Å². The van der Waals surface area contributed by atoms with Crippen LogP contribution in [0.25, 0.3) is 0 Å². The third-order valence-corrected chi connectivity index (χ3v) is 2.79. The molecule has 1 unspecified atom stereocenters. The molecular weight excluding hydrogens is 176 g/mol. The van der Waals surface area contributed by atoms with E-state index in [4.69, 9.17) is 10.5 Å². The Morgan fingerprint density at radius 3 is 2.93 bits per heavy atom. The zero-order valence-corrected chi connectivity index (χ0v) is 9.37. The van der Waals surface area contributed by atoms with Crippen LogP contribution >= 0.6 is 0 Å². The molecule has 2 N–H and O–H groups in total. The van der Waals surface area contributed by atoms with E-state index < -0.39 is 0 Å². The molecule has 0 saturated carbocycles. The fourth-order valence-electron chi connectivity index (χ4n) is 1.88. The molecule has 3 nitrogen and oxygen atoms in total. The summed E-state index contributed by atoms with van der Waals surface area (Å²) in [5, 5.41) is 0. The minimum absolute atomic E-state index is 0.393. The molecular formula is C11H24N2O. The molecule has 14 heavy (non-hydrogen) atoms. The van der Waals surface area contributed by atoms with Crippen LogP contribution in [-0.4, -0.2) is 43.8 Å². The Morgan fingerprint density at radius 1 is 1.29 bits per heavy atom. The van der Waals surface area contributed by atoms with Crippen LogP contribution in [0, 0.1) is 0 Å². The highest BCUT2D eigenvalue weighted by Gasteiger charge is 2.10. The predicted molar refractivity (Wildman–Crippen MR) is 59.4 cm³/mol. The molecule has 0 aliphatic carbocycles. The Labute approximate surface area is 87.6 Å². The molecule has 0 aromatic rings. The molecule has 0 spiro atoms. The average molecular weight is 200 g/mol. The normalized spacial score (nSPS) is 21.9. The molecule has 1 fully saturated rings. The van der Waals surface area contributed by atoms with Gasteiger partial charge in [0.15, 0.2) is 0 Å². The van der Waals surface area contributed by atoms with Crippen molar-refractivity contribution in [1.29, 1.82) is 0 Å². The van der Waals surface area contributed by atoms with Gasteiger partial charge < -0.3 is 15.4 Å². The van der Waals surface area contributed by atoms with Crippen molar-refractivity contribution in [3.05, 3.63) is 0 Å². The number of nitrogens with two attached hydrogens (primary N) is 1. The van der Waals surface area contributed by atoms with Crippen LogP contribution in [0.2, 0.25) is 0 Å². The molecule has 1 atom stereocenters. The first kappa shape index (κ1) is 12.0. The van der Waals surface area contributed by atoms with E-state index in [1.165, 1.54) is 19.4 Å². The lowest BCUT2D eigenvalue weighted by molar-refractivity contribution is 0.141. The van der Waals surface area contributed by atoms with E-state index in [0.29, 0.717) is 6.04 Å². The second-order valence-electron chi connectivity index (χ2n) is 4.14. The minimum Gasteiger partial charge on any atom is -0.380 e. The van der Waals surface area contributed by atoms with Crippen LogP contribution in [0.5, 0.6) is 0 Å². The zero-order chi connectivity index (χ0) is 10.2. The van der Waals surface area contributed by atoms with Gasteiger partial charge >= 0.3 is 0 Å². The largest absolute Gasteiger partial charge is 0.380 e. The fraction of sp³-hybridized carbons (Fsp3) is 1.00. The Morgan fingerprint density at radius 2 is 2.14 bits per heavy atom. The summed E-state index contributed by atoms with van der Waals surface area (Å²) in [5.41, 5.74) is 5.98. The first-order valence-electron chi connectivity index (χ1n) is 5.88. The summed E-state index contributed by atoms with van der Waals surface area (Å²) in [5.74, 6) is 0. The SMILES string of the molecule is CCCC(N)CCN1CCCOCC1. The Kier molecular flexibility index (Phi) is 6.15. The zero-order valence-electron chi connectivity index (χ0n) is 9.37. The van der Waals surface area contributed by atoms with Gasteiger partial charge in [0.1, 0.15) is 0 Å². The first-order chi connectivity index (χ1) is 6.83. The van der Waals surface area contributed by atoms with Crippen LogP contribution in [0.1, 0.15) is 32.6 Å². The summed E-state index contributed by atoms with van der Waals surface area (Å²) in [4.78, 5) is 2.47. The van der Waals surface area contributed by atoms with E-state index in [9.17, 15) is 0 Å². The van der Waals surface area contributed by atoms with Gasteiger partial charge in [0.25, 0.3) is 0 Å². The standard InChI is InChI=1S/C11H24N2O/c1-2-4-11(12)5-7-13-6-3-9-14-10-8-13/h11H,2-10,12H2,1H3. The Hall–Kier alpha value is -0.120. The van der Waals surface area contributed by atoms with Gasteiger partial charge in [0.2, 0.25) is 0 Å². The Bertz CT molecular complexity index is 133. The third kappa shape index (κ3) is 4.94. The van der Waals surface area contributed by atoms with E-state index in [-0.39, 0.29) is 0 Å². The van der Waals surface area contributed by atoms with Crippen molar-refractivity contribution < 1.29 is 4.74 Å². The van der Waals surface area contributed by atoms with Gasteiger partial charge in [0, 0.05) is 25.7 Å². The molecule has 1 aliphatic rings. The monoisotopic (exact) mass is 200 g/mol. The quantitative estimate of drug-likeness (QED) is 0.725. The number of rotatable bonds is 5. The number of nitrogens with zero attached hydrogens (tertiary/aromatic N) is 1. The second kappa shape index (κ2) is 7.21. The number of ether oxygens (including phenoxy) is 1. The highest BCUT2D eigenvalue weighted by Crippen LogP contribution is 2.03. The highest BCUT2D eigenvalue weighted by atomic mass is 16.5. The average Bonchev–Trinajstić information content (AvgIpc) is 2.43.